The van der Waals surface area contributed by atoms with Gasteiger partial charge in [0.15, 0.2) is 0 Å². The van der Waals surface area contributed by atoms with Gasteiger partial charge in [-0.15, -0.1) is 0 Å². The fraction of sp³-hybridized carbons (Fsp3) is 0.909. The Morgan fingerprint density at radius 2 is 2.14 bits per heavy atom. The first-order chi connectivity index (χ1) is 6.50. The van der Waals surface area contributed by atoms with Crippen LogP contribution in [-0.4, -0.2) is 37.1 Å². The molecule has 0 spiro atoms. The Morgan fingerprint density at radius 1 is 1.50 bits per heavy atom. The molecular formula is C11H21NO2. The first kappa shape index (κ1) is 11.5. The molecule has 3 heteroatoms. The summed E-state index contributed by atoms with van der Waals surface area (Å²) in [6, 6.07) is 0. The van der Waals surface area contributed by atoms with Crippen molar-refractivity contribution in [3.8, 4) is 0 Å². The zero-order valence-corrected chi connectivity index (χ0v) is 9.62. The van der Waals surface area contributed by atoms with Gasteiger partial charge >= 0.3 is 5.97 Å². The minimum atomic E-state index is -0.148. The van der Waals surface area contributed by atoms with Crippen LogP contribution < -0.4 is 0 Å². The van der Waals surface area contributed by atoms with Gasteiger partial charge in [-0.25, -0.2) is 0 Å². The Bertz CT molecular complexity index is 203. The second-order valence-corrected chi connectivity index (χ2v) is 4.61. The Hall–Kier alpha value is -0.570. The standard InChI is InChI=1S/C11H21NO2/c1-8(2)10-7-12(4)6-5-11(10)14-9(3)13/h8,10-11H,5-7H2,1-4H3. The van der Waals surface area contributed by atoms with Crippen molar-refractivity contribution < 1.29 is 9.53 Å². The molecule has 0 aromatic carbocycles. The first-order valence-electron chi connectivity index (χ1n) is 5.36. The summed E-state index contributed by atoms with van der Waals surface area (Å²) in [5.41, 5.74) is 0. The number of hydrogen-bond donors (Lipinski definition) is 0. The molecule has 0 bridgehead atoms. The van der Waals surface area contributed by atoms with E-state index in [0.717, 1.165) is 19.5 Å². The lowest BCUT2D eigenvalue weighted by molar-refractivity contribution is -0.153. The van der Waals surface area contributed by atoms with E-state index in [9.17, 15) is 4.79 Å². The van der Waals surface area contributed by atoms with Crippen LogP contribution in [0.4, 0.5) is 0 Å². The van der Waals surface area contributed by atoms with Gasteiger partial charge in [-0.05, 0) is 19.4 Å². The van der Waals surface area contributed by atoms with Crippen molar-refractivity contribution in [1.82, 2.24) is 4.90 Å². The van der Waals surface area contributed by atoms with Gasteiger partial charge in [0.05, 0.1) is 0 Å². The summed E-state index contributed by atoms with van der Waals surface area (Å²) in [5.74, 6) is 0.907. The summed E-state index contributed by atoms with van der Waals surface area (Å²) in [4.78, 5) is 13.2. The number of esters is 1. The van der Waals surface area contributed by atoms with Crippen molar-refractivity contribution in [3.63, 3.8) is 0 Å². The van der Waals surface area contributed by atoms with Crippen molar-refractivity contribution in [2.75, 3.05) is 20.1 Å². The Balaban J connectivity index is 2.58. The molecule has 0 saturated carbocycles. The SMILES string of the molecule is CC(=O)OC1CCN(C)CC1C(C)C. The fourth-order valence-electron chi connectivity index (χ4n) is 2.13. The van der Waals surface area contributed by atoms with Crippen LogP contribution in [0.2, 0.25) is 0 Å². The molecule has 0 aliphatic carbocycles. The first-order valence-corrected chi connectivity index (χ1v) is 5.36. The molecule has 1 saturated heterocycles. The van der Waals surface area contributed by atoms with Gasteiger partial charge in [0.25, 0.3) is 0 Å². The van der Waals surface area contributed by atoms with Gasteiger partial charge in [-0.2, -0.15) is 0 Å². The normalized spacial score (nSPS) is 29.2. The molecule has 1 rings (SSSR count). The van der Waals surface area contributed by atoms with Crippen molar-refractivity contribution in [3.05, 3.63) is 0 Å². The summed E-state index contributed by atoms with van der Waals surface area (Å²) in [6.07, 6.45) is 1.10. The van der Waals surface area contributed by atoms with Gasteiger partial charge in [0.2, 0.25) is 0 Å². The predicted molar refractivity (Wildman–Crippen MR) is 56.0 cm³/mol. The fourth-order valence-corrected chi connectivity index (χ4v) is 2.13. The Kier molecular flexibility index (Phi) is 3.93. The molecule has 1 fully saturated rings. The zero-order chi connectivity index (χ0) is 10.7. The molecule has 0 radical (unpaired) electrons. The molecule has 14 heavy (non-hydrogen) atoms. The van der Waals surface area contributed by atoms with E-state index >= 15 is 0 Å². The smallest absolute Gasteiger partial charge is 0.302 e. The number of ether oxygens (including phenoxy) is 1. The van der Waals surface area contributed by atoms with Crippen molar-refractivity contribution in [2.24, 2.45) is 11.8 Å². The molecular weight excluding hydrogens is 178 g/mol. The van der Waals surface area contributed by atoms with E-state index in [-0.39, 0.29) is 12.1 Å². The number of carbonyl (C=O) groups is 1. The van der Waals surface area contributed by atoms with Crippen LogP contribution in [0, 0.1) is 11.8 Å². The largest absolute Gasteiger partial charge is 0.462 e. The van der Waals surface area contributed by atoms with Crippen molar-refractivity contribution >= 4 is 5.97 Å². The molecule has 1 aliphatic rings. The average Bonchev–Trinajstić information content (AvgIpc) is 2.07. The summed E-state index contributed by atoms with van der Waals surface area (Å²) < 4.78 is 5.35. The number of rotatable bonds is 2. The molecule has 0 amide bonds. The molecule has 0 N–H and O–H groups in total. The van der Waals surface area contributed by atoms with Crippen LogP contribution in [0.1, 0.15) is 27.2 Å². The van der Waals surface area contributed by atoms with E-state index in [0.29, 0.717) is 11.8 Å². The maximum Gasteiger partial charge on any atom is 0.302 e. The van der Waals surface area contributed by atoms with Gasteiger partial charge in [-0.3, -0.25) is 4.79 Å². The topological polar surface area (TPSA) is 29.5 Å². The van der Waals surface area contributed by atoms with Crippen LogP contribution in [0.25, 0.3) is 0 Å². The number of nitrogens with zero attached hydrogens (tertiary/aromatic N) is 1. The highest BCUT2D eigenvalue weighted by molar-refractivity contribution is 5.66. The molecule has 0 aromatic rings. The third-order valence-corrected chi connectivity index (χ3v) is 2.97. The lowest BCUT2D eigenvalue weighted by atomic mass is 9.85. The van der Waals surface area contributed by atoms with Crippen molar-refractivity contribution in [2.45, 2.75) is 33.3 Å². The summed E-state index contributed by atoms with van der Waals surface area (Å²) in [7, 11) is 2.12. The van der Waals surface area contributed by atoms with Crippen LogP contribution in [0.3, 0.4) is 0 Å². The van der Waals surface area contributed by atoms with Crippen LogP contribution in [0.15, 0.2) is 0 Å². The monoisotopic (exact) mass is 199 g/mol. The van der Waals surface area contributed by atoms with E-state index in [1.807, 2.05) is 0 Å². The number of likely N-dealkylation sites (tertiary alicyclic amines) is 1. The molecule has 0 aromatic heterocycles. The highest BCUT2D eigenvalue weighted by atomic mass is 16.5. The van der Waals surface area contributed by atoms with E-state index in [4.69, 9.17) is 4.74 Å². The average molecular weight is 199 g/mol. The van der Waals surface area contributed by atoms with E-state index in [1.165, 1.54) is 6.92 Å². The molecule has 2 unspecified atom stereocenters. The third kappa shape index (κ3) is 2.98. The van der Waals surface area contributed by atoms with Gasteiger partial charge in [0, 0.05) is 25.9 Å². The summed E-state index contributed by atoms with van der Waals surface area (Å²) in [6.45, 7) is 7.95. The zero-order valence-electron chi connectivity index (χ0n) is 9.62. The number of piperidine rings is 1. The summed E-state index contributed by atoms with van der Waals surface area (Å²) >= 11 is 0. The Morgan fingerprint density at radius 3 is 2.64 bits per heavy atom. The van der Waals surface area contributed by atoms with Gasteiger partial charge < -0.3 is 9.64 Å². The molecule has 82 valence electrons. The molecule has 1 heterocycles. The maximum atomic E-state index is 10.9. The van der Waals surface area contributed by atoms with Crippen LogP contribution in [0.5, 0.6) is 0 Å². The van der Waals surface area contributed by atoms with E-state index in [1.54, 1.807) is 0 Å². The third-order valence-electron chi connectivity index (χ3n) is 2.97. The van der Waals surface area contributed by atoms with Gasteiger partial charge in [-0.1, -0.05) is 13.8 Å². The highest BCUT2D eigenvalue weighted by Crippen LogP contribution is 2.25. The second kappa shape index (κ2) is 4.78. The lowest BCUT2D eigenvalue weighted by Crippen LogP contribution is -2.45. The lowest BCUT2D eigenvalue weighted by Gasteiger charge is -2.38. The highest BCUT2D eigenvalue weighted by Gasteiger charge is 2.31. The second-order valence-electron chi connectivity index (χ2n) is 4.61. The van der Waals surface area contributed by atoms with E-state index in [2.05, 4.69) is 25.8 Å². The Labute approximate surface area is 86.4 Å². The molecule has 1 aliphatic heterocycles. The van der Waals surface area contributed by atoms with Crippen LogP contribution in [-0.2, 0) is 9.53 Å². The number of carbonyl (C=O) groups excluding carboxylic acids is 1. The minimum Gasteiger partial charge on any atom is -0.462 e. The molecule has 2 atom stereocenters. The quantitative estimate of drug-likeness (QED) is 0.632. The van der Waals surface area contributed by atoms with Crippen molar-refractivity contribution in [1.29, 1.82) is 0 Å². The maximum absolute atomic E-state index is 10.9. The summed E-state index contributed by atoms with van der Waals surface area (Å²) in [5, 5.41) is 0. The van der Waals surface area contributed by atoms with E-state index < -0.39 is 0 Å². The molecule has 3 nitrogen and oxygen atoms in total. The minimum absolute atomic E-state index is 0.128. The van der Waals surface area contributed by atoms with Gasteiger partial charge in [0.1, 0.15) is 6.10 Å². The van der Waals surface area contributed by atoms with Crippen LogP contribution >= 0.6 is 0 Å². The predicted octanol–water partition coefficient (Wildman–Crippen LogP) is 1.53. The number of hydrogen-bond acceptors (Lipinski definition) is 3.